The lowest BCUT2D eigenvalue weighted by Crippen LogP contribution is -2.46. The largest absolute Gasteiger partial charge is 0.354 e. The van der Waals surface area contributed by atoms with Gasteiger partial charge in [0.25, 0.3) is 5.91 Å². The van der Waals surface area contributed by atoms with Crippen LogP contribution < -0.4 is 5.32 Å². The summed E-state index contributed by atoms with van der Waals surface area (Å²) in [5.74, 6) is 1.56. The Morgan fingerprint density at radius 1 is 1.11 bits per heavy atom. The molecule has 1 aromatic carbocycles. The SMILES string of the molecule is O=C(NCCc1nnc2n1CCC2)C1CCCN1C(=O)c1cc(Cl)cc(Cl)c1. The molecule has 0 radical (unpaired) electrons. The van der Waals surface area contributed by atoms with Crippen molar-refractivity contribution < 1.29 is 9.59 Å². The van der Waals surface area contributed by atoms with Crippen molar-refractivity contribution in [2.24, 2.45) is 0 Å². The van der Waals surface area contributed by atoms with Gasteiger partial charge in [0.2, 0.25) is 5.91 Å². The van der Waals surface area contributed by atoms with Crippen molar-refractivity contribution in [1.29, 1.82) is 0 Å². The predicted molar refractivity (Wildman–Crippen MR) is 106 cm³/mol. The molecular weight excluding hydrogens is 401 g/mol. The smallest absolute Gasteiger partial charge is 0.254 e. The molecule has 4 rings (SSSR count). The van der Waals surface area contributed by atoms with E-state index in [2.05, 4.69) is 20.1 Å². The second-order valence-electron chi connectivity index (χ2n) is 7.14. The van der Waals surface area contributed by atoms with Gasteiger partial charge in [-0.05, 0) is 37.5 Å². The molecule has 1 saturated heterocycles. The van der Waals surface area contributed by atoms with Crippen LogP contribution in [0, 0.1) is 0 Å². The number of nitrogens with zero attached hydrogens (tertiary/aromatic N) is 4. The summed E-state index contributed by atoms with van der Waals surface area (Å²) in [5.41, 5.74) is 0.399. The third kappa shape index (κ3) is 3.86. The average Bonchev–Trinajstić information content (AvgIpc) is 3.38. The van der Waals surface area contributed by atoms with Crippen LogP contribution in [0.4, 0.5) is 0 Å². The molecule has 0 saturated carbocycles. The van der Waals surface area contributed by atoms with E-state index in [1.165, 1.54) is 0 Å². The Kier molecular flexibility index (Phi) is 5.55. The summed E-state index contributed by atoms with van der Waals surface area (Å²) >= 11 is 12.0. The van der Waals surface area contributed by atoms with Crippen LogP contribution in [-0.2, 0) is 24.2 Å². The highest BCUT2D eigenvalue weighted by Gasteiger charge is 2.34. The topological polar surface area (TPSA) is 80.1 Å². The van der Waals surface area contributed by atoms with Crippen molar-refractivity contribution in [3.05, 3.63) is 45.5 Å². The molecule has 148 valence electrons. The molecule has 2 aromatic rings. The third-order valence-electron chi connectivity index (χ3n) is 5.26. The summed E-state index contributed by atoms with van der Waals surface area (Å²) in [5, 5.41) is 12.1. The Balaban J connectivity index is 1.37. The zero-order valence-electron chi connectivity index (χ0n) is 15.3. The van der Waals surface area contributed by atoms with Gasteiger partial charge in [0.15, 0.2) is 0 Å². The van der Waals surface area contributed by atoms with Gasteiger partial charge in [-0.1, -0.05) is 23.2 Å². The van der Waals surface area contributed by atoms with E-state index in [0.29, 0.717) is 41.5 Å². The number of hydrogen-bond acceptors (Lipinski definition) is 4. The quantitative estimate of drug-likeness (QED) is 0.803. The summed E-state index contributed by atoms with van der Waals surface area (Å²) in [6.07, 6.45) is 4.12. The fourth-order valence-corrected chi connectivity index (χ4v) is 4.46. The van der Waals surface area contributed by atoms with Gasteiger partial charge in [-0.15, -0.1) is 10.2 Å². The highest BCUT2D eigenvalue weighted by molar-refractivity contribution is 6.35. The number of benzene rings is 1. The van der Waals surface area contributed by atoms with E-state index in [-0.39, 0.29) is 11.8 Å². The van der Waals surface area contributed by atoms with Gasteiger partial charge in [-0.3, -0.25) is 9.59 Å². The molecule has 0 spiro atoms. The van der Waals surface area contributed by atoms with Crippen LogP contribution in [0.3, 0.4) is 0 Å². The van der Waals surface area contributed by atoms with Gasteiger partial charge < -0.3 is 14.8 Å². The molecule has 0 aliphatic carbocycles. The lowest BCUT2D eigenvalue weighted by atomic mass is 10.1. The van der Waals surface area contributed by atoms with Crippen LogP contribution in [0.15, 0.2) is 18.2 Å². The van der Waals surface area contributed by atoms with Crippen molar-refractivity contribution in [3.63, 3.8) is 0 Å². The second kappa shape index (κ2) is 8.09. The Hall–Kier alpha value is -2.12. The number of carbonyl (C=O) groups excluding carboxylic acids is 2. The number of amides is 2. The molecule has 2 aliphatic heterocycles. The number of aryl methyl sites for hydroxylation is 1. The average molecular weight is 422 g/mol. The van der Waals surface area contributed by atoms with Gasteiger partial charge >= 0.3 is 0 Å². The number of likely N-dealkylation sites (tertiary alicyclic amines) is 1. The van der Waals surface area contributed by atoms with Gasteiger partial charge in [-0.2, -0.15) is 0 Å². The minimum absolute atomic E-state index is 0.139. The van der Waals surface area contributed by atoms with Crippen LogP contribution >= 0.6 is 23.2 Å². The molecule has 1 N–H and O–H groups in total. The van der Waals surface area contributed by atoms with Crippen molar-refractivity contribution in [2.75, 3.05) is 13.1 Å². The second-order valence-corrected chi connectivity index (χ2v) is 8.02. The maximum absolute atomic E-state index is 12.9. The van der Waals surface area contributed by atoms with E-state index in [1.807, 2.05) is 0 Å². The zero-order valence-corrected chi connectivity index (χ0v) is 16.8. The fourth-order valence-electron chi connectivity index (χ4n) is 3.94. The van der Waals surface area contributed by atoms with Gasteiger partial charge in [0.05, 0.1) is 0 Å². The molecule has 7 nitrogen and oxygen atoms in total. The van der Waals surface area contributed by atoms with Crippen LogP contribution in [0.5, 0.6) is 0 Å². The summed E-state index contributed by atoms with van der Waals surface area (Å²) in [7, 11) is 0. The fraction of sp³-hybridized carbons (Fsp3) is 0.474. The Bertz CT molecular complexity index is 893. The first-order chi connectivity index (χ1) is 13.5. The molecular formula is C19H21Cl2N5O2. The first kappa shape index (κ1) is 19.2. The van der Waals surface area contributed by atoms with Crippen molar-refractivity contribution in [1.82, 2.24) is 25.0 Å². The standard InChI is InChI=1S/C19H21Cl2N5O2/c20-13-9-12(10-14(21)11-13)19(28)25-7-1-3-15(25)18(27)22-6-5-17-24-23-16-4-2-8-26(16)17/h9-11,15H,1-8H2,(H,22,27). The van der Waals surface area contributed by atoms with E-state index in [9.17, 15) is 9.59 Å². The molecule has 28 heavy (non-hydrogen) atoms. The number of hydrogen-bond donors (Lipinski definition) is 1. The zero-order chi connectivity index (χ0) is 19.7. The van der Waals surface area contributed by atoms with Crippen molar-refractivity contribution in [3.8, 4) is 0 Å². The van der Waals surface area contributed by atoms with E-state index >= 15 is 0 Å². The minimum Gasteiger partial charge on any atom is -0.354 e. The number of nitrogens with one attached hydrogen (secondary N) is 1. The normalized spacial score (nSPS) is 18.4. The van der Waals surface area contributed by atoms with Gasteiger partial charge in [0.1, 0.15) is 17.7 Å². The maximum Gasteiger partial charge on any atom is 0.254 e. The van der Waals surface area contributed by atoms with E-state index in [0.717, 1.165) is 37.5 Å². The highest BCUT2D eigenvalue weighted by Crippen LogP contribution is 2.24. The third-order valence-corrected chi connectivity index (χ3v) is 5.70. The monoisotopic (exact) mass is 421 g/mol. The van der Waals surface area contributed by atoms with E-state index in [1.54, 1.807) is 23.1 Å². The van der Waals surface area contributed by atoms with Gasteiger partial charge in [0, 0.05) is 48.1 Å². The number of carbonyl (C=O) groups is 2. The molecule has 2 amide bonds. The summed E-state index contributed by atoms with van der Waals surface area (Å²) < 4.78 is 2.13. The van der Waals surface area contributed by atoms with E-state index in [4.69, 9.17) is 23.2 Å². The summed E-state index contributed by atoms with van der Waals surface area (Å²) in [4.78, 5) is 27.2. The molecule has 1 aromatic heterocycles. The highest BCUT2D eigenvalue weighted by atomic mass is 35.5. The molecule has 2 aliphatic rings. The first-order valence-electron chi connectivity index (χ1n) is 9.48. The maximum atomic E-state index is 12.9. The number of aromatic nitrogens is 3. The van der Waals surface area contributed by atoms with Crippen molar-refractivity contribution in [2.45, 2.75) is 44.7 Å². The van der Waals surface area contributed by atoms with Gasteiger partial charge in [-0.25, -0.2) is 0 Å². The Labute approximate surface area is 173 Å². The van der Waals surface area contributed by atoms with Crippen LogP contribution in [0.2, 0.25) is 10.0 Å². The number of fused-ring (bicyclic) bond motifs is 1. The molecule has 1 atom stereocenters. The lowest BCUT2D eigenvalue weighted by molar-refractivity contribution is -0.124. The summed E-state index contributed by atoms with van der Waals surface area (Å²) in [6.45, 7) is 1.95. The Morgan fingerprint density at radius 3 is 2.68 bits per heavy atom. The van der Waals surface area contributed by atoms with E-state index < -0.39 is 6.04 Å². The number of rotatable bonds is 5. The minimum atomic E-state index is -0.477. The summed E-state index contributed by atoms with van der Waals surface area (Å²) in [6, 6.07) is 4.26. The molecule has 3 heterocycles. The molecule has 1 fully saturated rings. The molecule has 1 unspecified atom stereocenters. The molecule has 0 bridgehead atoms. The molecule has 9 heteroatoms. The Morgan fingerprint density at radius 2 is 1.89 bits per heavy atom. The lowest BCUT2D eigenvalue weighted by Gasteiger charge is -2.24. The predicted octanol–water partition coefficient (Wildman–Crippen LogP) is 2.49. The first-order valence-corrected chi connectivity index (χ1v) is 10.2. The van der Waals surface area contributed by atoms with Crippen LogP contribution in [-0.4, -0.2) is 50.6 Å². The van der Waals surface area contributed by atoms with Crippen molar-refractivity contribution >= 4 is 35.0 Å². The van der Waals surface area contributed by atoms with Crippen LogP contribution in [0.1, 0.15) is 41.3 Å². The van der Waals surface area contributed by atoms with Crippen LogP contribution in [0.25, 0.3) is 0 Å². The number of halogens is 2.